The van der Waals surface area contributed by atoms with Gasteiger partial charge in [-0.05, 0) is 18.6 Å². The minimum Gasteiger partial charge on any atom is -0.373 e. The molecular formula is C12H16N4O2S. The van der Waals surface area contributed by atoms with E-state index in [-0.39, 0.29) is 5.75 Å². The van der Waals surface area contributed by atoms with Crippen LogP contribution in [0.15, 0.2) is 18.3 Å². The maximum atomic E-state index is 11.7. The number of hydrogen-bond acceptors (Lipinski definition) is 5. The number of rotatable bonds is 4. The molecule has 1 aliphatic rings. The van der Waals surface area contributed by atoms with Crippen LogP contribution >= 0.6 is 0 Å². The maximum absolute atomic E-state index is 11.7. The summed E-state index contributed by atoms with van der Waals surface area (Å²) in [6.45, 7) is 1.67. The number of nitrogens with zero attached hydrogens (tertiary/aromatic N) is 4. The van der Waals surface area contributed by atoms with Crippen molar-refractivity contribution in [2.45, 2.75) is 6.42 Å². The monoisotopic (exact) mass is 280 g/mol. The van der Waals surface area contributed by atoms with Crippen molar-refractivity contribution in [2.75, 3.05) is 37.3 Å². The zero-order chi connectivity index (χ0) is 13.9. The van der Waals surface area contributed by atoms with Gasteiger partial charge >= 0.3 is 0 Å². The first-order valence-electron chi connectivity index (χ1n) is 6.08. The molecule has 1 aromatic rings. The molecule has 0 amide bonds. The highest BCUT2D eigenvalue weighted by atomic mass is 32.2. The van der Waals surface area contributed by atoms with E-state index in [0.29, 0.717) is 31.7 Å². The van der Waals surface area contributed by atoms with Gasteiger partial charge in [0.15, 0.2) is 0 Å². The third-order valence-corrected chi connectivity index (χ3v) is 5.14. The summed E-state index contributed by atoms with van der Waals surface area (Å²) >= 11 is 0. The van der Waals surface area contributed by atoms with Crippen molar-refractivity contribution in [1.82, 2.24) is 9.29 Å². The van der Waals surface area contributed by atoms with Gasteiger partial charge in [-0.15, -0.1) is 0 Å². The van der Waals surface area contributed by atoms with Crippen LogP contribution in [0.1, 0.15) is 12.1 Å². The molecule has 0 N–H and O–H groups in total. The van der Waals surface area contributed by atoms with Crippen molar-refractivity contribution in [3.8, 4) is 6.07 Å². The second-order valence-electron chi connectivity index (χ2n) is 4.50. The number of aromatic nitrogens is 1. The minimum atomic E-state index is -3.04. The van der Waals surface area contributed by atoms with Crippen LogP contribution in [0, 0.1) is 11.3 Å². The Morgan fingerprint density at radius 3 is 3.00 bits per heavy atom. The number of sulfonamides is 1. The predicted molar refractivity (Wildman–Crippen MR) is 72.2 cm³/mol. The fraction of sp³-hybridized carbons (Fsp3) is 0.500. The van der Waals surface area contributed by atoms with Gasteiger partial charge in [-0.2, -0.15) is 5.26 Å². The molecule has 0 aromatic carbocycles. The number of likely N-dealkylation sites (N-methyl/N-ethyl adjacent to an activating group) is 1. The standard InChI is InChI=1S/C12H16N4O2S/c1-15(12-3-4-14-11(9-12)10-13)6-7-16-5-2-8-19(16,17)18/h3-4,9H,2,5-8H2,1H3. The first-order chi connectivity index (χ1) is 9.03. The molecule has 1 saturated heterocycles. The van der Waals surface area contributed by atoms with E-state index in [2.05, 4.69) is 4.98 Å². The van der Waals surface area contributed by atoms with Gasteiger partial charge in [0.2, 0.25) is 10.0 Å². The fourth-order valence-electron chi connectivity index (χ4n) is 2.05. The zero-order valence-corrected chi connectivity index (χ0v) is 11.6. The summed E-state index contributed by atoms with van der Waals surface area (Å²) in [5, 5.41) is 8.80. The number of hydrogen-bond donors (Lipinski definition) is 0. The Bertz CT molecular complexity index is 594. The molecular weight excluding hydrogens is 264 g/mol. The second-order valence-corrected chi connectivity index (χ2v) is 6.59. The van der Waals surface area contributed by atoms with E-state index >= 15 is 0 Å². The largest absolute Gasteiger partial charge is 0.373 e. The van der Waals surface area contributed by atoms with Gasteiger partial charge in [-0.3, -0.25) is 0 Å². The molecule has 7 heteroatoms. The molecule has 102 valence electrons. The SMILES string of the molecule is CN(CCN1CCCS1(=O)=O)c1ccnc(C#N)c1. The average molecular weight is 280 g/mol. The molecule has 0 atom stereocenters. The molecule has 0 bridgehead atoms. The summed E-state index contributed by atoms with van der Waals surface area (Å²) in [6.07, 6.45) is 2.29. The third kappa shape index (κ3) is 3.22. The molecule has 0 spiro atoms. The van der Waals surface area contributed by atoms with E-state index in [9.17, 15) is 8.42 Å². The Morgan fingerprint density at radius 2 is 2.37 bits per heavy atom. The summed E-state index contributed by atoms with van der Waals surface area (Å²) in [4.78, 5) is 5.83. The van der Waals surface area contributed by atoms with E-state index in [4.69, 9.17) is 5.26 Å². The van der Waals surface area contributed by atoms with Crippen LogP contribution in [0.25, 0.3) is 0 Å². The molecule has 0 aliphatic carbocycles. The van der Waals surface area contributed by atoms with Crippen LogP contribution in [0.3, 0.4) is 0 Å². The van der Waals surface area contributed by atoms with Crippen molar-refractivity contribution in [1.29, 1.82) is 5.26 Å². The molecule has 2 rings (SSSR count). The average Bonchev–Trinajstić information content (AvgIpc) is 2.75. The Balaban J connectivity index is 1.98. The van der Waals surface area contributed by atoms with Gasteiger partial charge in [-0.1, -0.05) is 0 Å². The van der Waals surface area contributed by atoms with E-state index in [1.54, 1.807) is 18.3 Å². The van der Waals surface area contributed by atoms with Crippen LogP contribution < -0.4 is 4.90 Å². The quantitative estimate of drug-likeness (QED) is 0.799. The maximum Gasteiger partial charge on any atom is 0.214 e. The normalized spacial score (nSPS) is 18.1. The molecule has 0 radical (unpaired) electrons. The molecule has 2 heterocycles. The highest BCUT2D eigenvalue weighted by Gasteiger charge is 2.27. The Hall–Kier alpha value is -1.65. The van der Waals surface area contributed by atoms with E-state index in [0.717, 1.165) is 5.69 Å². The Kier molecular flexibility index (Phi) is 4.02. The third-order valence-electron chi connectivity index (χ3n) is 3.19. The molecule has 1 aliphatic heterocycles. The minimum absolute atomic E-state index is 0.255. The Morgan fingerprint density at radius 1 is 1.58 bits per heavy atom. The lowest BCUT2D eigenvalue weighted by atomic mass is 10.3. The number of pyridine rings is 1. The van der Waals surface area contributed by atoms with E-state index in [1.807, 2.05) is 18.0 Å². The van der Waals surface area contributed by atoms with Crippen LogP contribution in [0.2, 0.25) is 0 Å². The summed E-state index contributed by atoms with van der Waals surface area (Å²) in [6, 6.07) is 5.49. The Labute approximate surface area is 113 Å². The zero-order valence-electron chi connectivity index (χ0n) is 10.8. The molecule has 0 saturated carbocycles. The van der Waals surface area contributed by atoms with Crippen LogP contribution in [-0.4, -0.2) is 50.1 Å². The predicted octanol–water partition coefficient (Wildman–Crippen LogP) is 0.425. The van der Waals surface area contributed by atoms with Crippen LogP contribution in [-0.2, 0) is 10.0 Å². The molecule has 6 nitrogen and oxygen atoms in total. The lowest BCUT2D eigenvalue weighted by Gasteiger charge is -2.22. The van der Waals surface area contributed by atoms with Crippen molar-refractivity contribution >= 4 is 15.7 Å². The summed E-state index contributed by atoms with van der Waals surface area (Å²) in [5.74, 6) is 0.255. The van der Waals surface area contributed by atoms with Gasteiger partial charge in [0.05, 0.1) is 5.75 Å². The molecule has 1 aromatic heterocycles. The van der Waals surface area contributed by atoms with Gasteiger partial charge in [0.25, 0.3) is 0 Å². The highest BCUT2D eigenvalue weighted by Crippen LogP contribution is 2.15. The first-order valence-corrected chi connectivity index (χ1v) is 7.69. The lowest BCUT2D eigenvalue weighted by Crippen LogP contribution is -2.34. The summed E-state index contributed by atoms with van der Waals surface area (Å²) < 4.78 is 24.9. The van der Waals surface area contributed by atoms with E-state index < -0.39 is 10.0 Å². The molecule has 0 unspecified atom stereocenters. The fourth-order valence-corrected chi connectivity index (χ4v) is 3.57. The van der Waals surface area contributed by atoms with Gasteiger partial charge in [0.1, 0.15) is 11.8 Å². The topological polar surface area (TPSA) is 77.3 Å². The van der Waals surface area contributed by atoms with Gasteiger partial charge < -0.3 is 4.90 Å². The van der Waals surface area contributed by atoms with Crippen LogP contribution in [0.5, 0.6) is 0 Å². The molecule has 1 fully saturated rings. The molecule has 19 heavy (non-hydrogen) atoms. The lowest BCUT2D eigenvalue weighted by molar-refractivity contribution is 0.449. The van der Waals surface area contributed by atoms with Crippen molar-refractivity contribution in [3.05, 3.63) is 24.0 Å². The number of anilines is 1. The summed E-state index contributed by atoms with van der Waals surface area (Å²) in [5.41, 5.74) is 1.22. The van der Waals surface area contributed by atoms with Gasteiger partial charge in [0, 0.05) is 38.6 Å². The smallest absolute Gasteiger partial charge is 0.214 e. The van der Waals surface area contributed by atoms with Crippen molar-refractivity contribution < 1.29 is 8.42 Å². The summed E-state index contributed by atoms with van der Waals surface area (Å²) in [7, 11) is -1.16. The van der Waals surface area contributed by atoms with Crippen molar-refractivity contribution in [2.24, 2.45) is 0 Å². The van der Waals surface area contributed by atoms with Crippen molar-refractivity contribution in [3.63, 3.8) is 0 Å². The van der Waals surface area contributed by atoms with E-state index in [1.165, 1.54) is 4.31 Å². The first kappa shape index (κ1) is 13.8. The highest BCUT2D eigenvalue weighted by molar-refractivity contribution is 7.89. The number of nitriles is 1. The second kappa shape index (κ2) is 5.55. The van der Waals surface area contributed by atoms with Gasteiger partial charge in [-0.25, -0.2) is 17.7 Å². The van der Waals surface area contributed by atoms with Crippen LogP contribution in [0.4, 0.5) is 5.69 Å².